The summed E-state index contributed by atoms with van der Waals surface area (Å²) in [4.78, 5) is 10.1. The first kappa shape index (κ1) is 18.1. The molecule has 0 atom stereocenters. The molecule has 1 heteroatoms. The first-order valence-electron chi connectivity index (χ1n) is 8.15. The molecule has 0 fully saturated rings. The number of hydrogen-bond acceptors (Lipinski definition) is 1. The highest BCUT2D eigenvalue weighted by atomic mass is 16.1. The van der Waals surface area contributed by atoms with Crippen molar-refractivity contribution in [2.24, 2.45) is 0 Å². The van der Waals surface area contributed by atoms with Crippen LogP contribution >= 0.6 is 0 Å². The predicted molar refractivity (Wildman–Crippen MR) is 85.4 cm³/mol. The van der Waals surface area contributed by atoms with Crippen LogP contribution in [0, 0.1) is 0 Å². The van der Waals surface area contributed by atoms with Crippen molar-refractivity contribution in [1.29, 1.82) is 0 Å². The van der Waals surface area contributed by atoms with Gasteiger partial charge in [-0.2, -0.15) is 0 Å². The van der Waals surface area contributed by atoms with Crippen molar-refractivity contribution in [2.45, 2.75) is 84.0 Å². The summed E-state index contributed by atoms with van der Waals surface area (Å²) in [5.74, 6) is 0. The van der Waals surface area contributed by atoms with Gasteiger partial charge in [0.25, 0.3) is 0 Å². The van der Waals surface area contributed by atoms with E-state index in [1.807, 2.05) is 6.08 Å². The van der Waals surface area contributed by atoms with Crippen LogP contribution in [0.15, 0.2) is 24.3 Å². The number of allylic oxidation sites excluding steroid dienone is 4. The third-order valence-corrected chi connectivity index (χ3v) is 3.31. The monoisotopic (exact) mass is 264 g/mol. The Morgan fingerprint density at radius 1 is 0.632 bits per heavy atom. The maximum atomic E-state index is 10.1. The van der Waals surface area contributed by atoms with Crippen LogP contribution in [0.3, 0.4) is 0 Å². The number of rotatable bonds is 14. The predicted octanol–water partition coefficient (Wildman–Crippen LogP) is 6.00. The van der Waals surface area contributed by atoms with E-state index >= 15 is 0 Å². The molecule has 0 heterocycles. The fourth-order valence-electron chi connectivity index (χ4n) is 2.11. The van der Waals surface area contributed by atoms with Crippen molar-refractivity contribution < 1.29 is 4.79 Å². The normalized spacial score (nSPS) is 11.6. The van der Waals surface area contributed by atoms with Crippen LogP contribution in [-0.4, -0.2) is 6.29 Å². The molecule has 0 bridgehead atoms. The van der Waals surface area contributed by atoms with Crippen molar-refractivity contribution in [2.75, 3.05) is 0 Å². The minimum atomic E-state index is 0.548. The standard InChI is InChI=1S/C18H32O/c1-2-3-4-5-6-7-8-9-10-11-12-13-14-15-16-17-18-19/h12-13,15-16,18H,2-11,14,17H2,1H3. The Morgan fingerprint density at radius 3 is 1.79 bits per heavy atom. The minimum absolute atomic E-state index is 0.548. The lowest BCUT2D eigenvalue weighted by molar-refractivity contribution is -0.107. The largest absolute Gasteiger partial charge is 0.303 e. The number of hydrogen-bond donors (Lipinski definition) is 0. The van der Waals surface area contributed by atoms with Crippen molar-refractivity contribution in [3.05, 3.63) is 24.3 Å². The highest BCUT2D eigenvalue weighted by molar-refractivity contribution is 5.51. The number of carbonyl (C=O) groups excluding carboxylic acids is 1. The van der Waals surface area contributed by atoms with Crippen LogP contribution in [0.1, 0.15) is 84.0 Å². The lowest BCUT2D eigenvalue weighted by Crippen LogP contribution is -1.80. The molecule has 0 aliphatic carbocycles. The van der Waals surface area contributed by atoms with E-state index in [0.29, 0.717) is 6.42 Å². The van der Waals surface area contributed by atoms with Crippen LogP contribution in [0.5, 0.6) is 0 Å². The zero-order valence-electron chi connectivity index (χ0n) is 12.8. The van der Waals surface area contributed by atoms with Gasteiger partial charge < -0.3 is 4.79 Å². The van der Waals surface area contributed by atoms with Crippen LogP contribution < -0.4 is 0 Å². The summed E-state index contributed by atoms with van der Waals surface area (Å²) >= 11 is 0. The fraction of sp³-hybridized carbons (Fsp3) is 0.722. The van der Waals surface area contributed by atoms with Gasteiger partial charge in [0.2, 0.25) is 0 Å². The van der Waals surface area contributed by atoms with Crippen LogP contribution in [-0.2, 0) is 4.79 Å². The van der Waals surface area contributed by atoms with Gasteiger partial charge >= 0.3 is 0 Å². The average molecular weight is 264 g/mol. The molecular weight excluding hydrogens is 232 g/mol. The van der Waals surface area contributed by atoms with Gasteiger partial charge in [-0.3, -0.25) is 0 Å². The van der Waals surface area contributed by atoms with Gasteiger partial charge in [-0.15, -0.1) is 0 Å². The molecule has 0 amide bonds. The highest BCUT2D eigenvalue weighted by Gasteiger charge is 1.90. The first-order valence-corrected chi connectivity index (χ1v) is 8.15. The SMILES string of the molecule is CCCCCCCCCCCC=CCC=CCC=O. The summed E-state index contributed by atoms with van der Waals surface area (Å²) in [6.07, 6.45) is 24.7. The summed E-state index contributed by atoms with van der Waals surface area (Å²) in [5.41, 5.74) is 0. The van der Waals surface area contributed by atoms with Crippen molar-refractivity contribution in [3.8, 4) is 0 Å². The zero-order chi connectivity index (χ0) is 14.0. The molecule has 1 nitrogen and oxygen atoms in total. The summed E-state index contributed by atoms with van der Waals surface area (Å²) in [6.45, 7) is 2.27. The average Bonchev–Trinajstić information content (AvgIpc) is 2.43. The van der Waals surface area contributed by atoms with Crippen molar-refractivity contribution in [1.82, 2.24) is 0 Å². The molecular formula is C18H32O. The highest BCUT2D eigenvalue weighted by Crippen LogP contribution is 2.10. The molecule has 0 unspecified atom stereocenters. The smallest absolute Gasteiger partial charge is 0.123 e. The molecule has 19 heavy (non-hydrogen) atoms. The van der Waals surface area contributed by atoms with E-state index < -0.39 is 0 Å². The molecule has 0 aliphatic heterocycles. The number of aldehydes is 1. The Labute approximate surface area is 120 Å². The van der Waals surface area contributed by atoms with Crippen LogP contribution in [0.2, 0.25) is 0 Å². The Bertz CT molecular complexity index is 228. The first-order chi connectivity index (χ1) is 9.41. The van der Waals surface area contributed by atoms with Gasteiger partial charge in [0, 0.05) is 6.42 Å². The van der Waals surface area contributed by atoms with E-state index in [1.54, 1.807) is 0 Å². The Morgan fingerprint density at radius 2 is 1.16 bits per heavy atom. The van der Waals surface area contributed by atoms with E-state index in [4.69, 9.17) is 0 Å². The van der Waals surface area contributed by atoms with Gasteiger partial charge in [-0.05, 0) is 19.3 Å². The Balaban J connectivity index is 3.09. The van der Waals surface area contributed by atoms with E-state index in [2.05, 4.69) is 25.2 Å². The second-order valence-corrected chi connectivity index (χ2v) is 5.20. The lowest BCUT2D eigenvalue weighted by atomic mass is 10.1. The Hall–Kier alpha value is -0.850. The molecule has 0 saturated carbocycles. The maximum Gasteiger partial charge on any atom is 0.123 e. The maximum absolute atomic E-state index is 10.1. The van der Waals surface area contributed by atoms with E-state index in [-0.39, 0.29) is 0 Å². The number of unbranched alkanes of at least 4 members (excludes halogenated alkanes) is 9. The molecule has 0 N–H and O–H groups in total. The topological polar surface area (TPSA) is 17.1 Å². The molecule has 110 valence electrons. The molecule has 0 radical (unpaired) electrons. The van der Waals surface area contributed by atoms with E-state index in [0.717, 1.165) is 12.7 Å². The Kier molecular flexibility index (Phi) is 16.4. The van der Waals surface area contributed by atoms with E-state index in [9.17, 15) is 4.79 Å². The van der Waals surface area contributed by atoms with Gasteiger partial charge in [0.15, 0.2) is 0 Å². The van der Waals surface area contributed by atoms with Gasteiger partial charge in [0.05, 0.1) is 0 Å². The summed E-state index contributed by atoms with van der Waals surface area (Å²) < 4.78 is 0. The summed E-state index contributed by atoms with van der Waals surface area (Å²) in [7, 11) is 0. The second-order valence-electron chi connectivity index (χ2n) is 5.20. The van der Waals surface area contributed by atoms with Gasteiger partial charge in [-0.1, -0.05) is 82.6 Å². The van der Waals surface area contributed by atoms with Crippen molar-refractivity contribution >= 4 is 6.29 Å². The molecule has 0 rings (SSSR count). The molecule has 0 aliphatic rings. The number of carbonyl (C=O) groups is 1. The lowest BCUT2D eigenvalue weighted by Gasteiger charge is -2.00. The van der Waals surface area contributed by atoms with Crippen LogP contribution in [0.25, 0.3) is 0 Å². The third kappa shape index (κ3) is 17.1. The molecule has 0 spiro atoms. The quantitative estimate of drug-likeness (QED) is 0.214. The molecule has 0 aromatic rings. The fourth-order valence-corrected chi connectivity index (χ4v) is 2.11. The van der Waals surface area contributed by atoms with Gasteiger partial charge in [-0.25, -0.2) is 0 Å². The van der Waals surface area contributed by atoms with Crippen LogP contribution in [0.4, 0.5) is 0 Å². The molecule has 0 saturated heterocycles. The van der Waals surface area contributed by atoms with E-state index in [1.165, 1.54) is 64.2 Å². The zero-order valence-corrected chi connectivity index (χ0v) is 12.8. The minimum Gasteiger partial charge on any atom is -0.303 e. The van der Waals surface area contributed by atoms with Crippen molar-refractivity contribution in [3.63, 3.8) is 0 Å². The van der Waals surface area contributed by atoms with Gasteiger partial charge in [0.1, 0.15) is 6.29 Å². The summed E-state index contributed by atoms with van der Waals surface area (Å²) in [6, 6.07) is 0. The molecule has 0 aromatic carbocycles. The third-order valence-electron chi connectivity index (χ3n) is 3.31. The molecule has 0 aromatic heterocycles. The second kappa shape index (κ2) is 17.2. The summed E-state index contributed by atoms with van der Waals surface area (Å²) in [5, 5.41) is 0.